The number of hydrogen-bond acceptors (Lipinski definition) is 3. The van der Waals surface area contributed by atoms with Gasteiger partial charge in [-0.3, -0.25) is 9.69 Å². The fourth-order valence-electron chi connectivity index (χ4n) is 2.71. The first kappa shape index (κ1) is 14.3. The van der Waals surface area contributed by atoms with Crippen molar-refractivity contribution in [2.45, 2.75) is 39.2 Å². The minimum atomic E-state index is 0.181. The van der Waals surface area contributed by atoms with Crippen molar-refractivity contribution in [3.05, 3.63) is 23.0 Å². The zero-order chi connectivity index (χ0) is 13.8. The highest BCUT2D eigenvalue weighted by Crippen LogP contribution is 2.14. The van der Waals surface area contributed by atoms with E-state index in [-0.39, 0.29) is 5.78 Å². The maximum absolute atomic E-state index is 12.2. The van der Waals surface area contributed by atoms with E-state index >= 15 is 0 Å². The highest BCUT2D eigenvalue weighted by Gasteiger charge is 2.19. The summed E-state index contributed by atoms with van der Waals surface area (Å²) in [5.74, 6) is 0.181. The molecule has 1 saturated heterocycles. The second kappa shape index (κ2) is 6.35. The Balaban J connectivity index is 1.86. The van der Waals surface area contributed by atoms with Crippen LogP contribution in [0, 0.1) is 13.8 Å². The Morgan fingerprint density at radius 3 is 2.84 bits per heavy atom. The van der Waals surface area contributed by atoms with E-state index in [1.807, 2.05) is 27.0 Å². The van der Waals surface area contributed by atoms with Crippen molar-refractivity contribution in [1.82, 2.24) is 9.88 Å². The number of ether oxygens (including phenoxy) is 1. The van der Waals surface area contributed by atoms with Gasteiger partial charge in [0.25, 0.3) is 0 Å². The van der Waals surface area contributed by atoms with Crippen LogP contribution in [0.4, 0.5) is 0 Å². The highest BCUT2D eigenvalue weighted by molar-refractivity contribution is 5.98. The van der Waals surface area contributed by atoms with Crippen molar-refractivity contribution in [2.24, 2.45) is 0 Å². The van der Waals surface area contributed by atoms with Gasteiger partial charge in [0.05, 0.1) is 12.6 Å². The van der Waals surface area contributed by atoms with Crippen LogP contribution in [0.2, 0.25) is 0 Å². The molecule has 1 fully saturated rings. The molecule has 0 amide bonds. The molecule has 19 heavy (non-hydrogen) atoms. The van der Waals surface area contributed by atoms with Crippen LogP contribution < -0.4 is 0 Å². The van der Waals surface area contributed by atoms with E-state index in [1.165, 1.54) is 12.8 Å². The summed E-state index contributed by atoms with van der Waals surface area (Å²) in [6.45, 7) is 6.09. The highest BCUT2D eigenvalue weighted by atomic mass is 16.5. The maximum atomic E-state index is 12.2. The number of Topliss-reactive ketones (excluding diaryl/α,β-unsaturated/α-hetero) is 1. The molecule has 1 atom stereocenters. The van der Waals surface area contributed by atoms with E-state index in [2.05, 4.69) is 9.88 Å². The molecule has 1 aromatic rings. The molecule has 1 unspecified atom stereocenters. The molecular weight excluding hydrogens is 240 g/mol. The van der Waals surface area contributed by atoms with E-state index in [0.29, 0.717) is 12.6 Å². The van der Waals surface area contributed by atoms with E-state index in [4.69, 9.17) is 4.74 Å². The Labute approximate surface area is 115 Å². The van der Waals surface area contributed by atoms with Gasteiger partial charge in [-0.2, -0.15) is 0 Å². The maximum Gasteiger partial charge on any atom is 0.178 e. The van der Waals surface area contributed by atoms with Crippen LogP contribution in [0.1, 0.15) is 41.0 Å². The molecule has 1 N–H and O–H groups in total. The largest absolute Gasteiger partial charge is 0.377 e. The van der Waals surface area contributed by atoms with Crippen molar-refractivity contribution in [3.63, 3.8) is 0 Å². The van der Waals surface area contributed by atoms with Crippen molar-refractivity contribution in [2.75, 3.05) is 26.7 Å². The molecule has 4 nitrogen and oxygen atoms in total. The number of aromatic amines is 1. The van der Waals surface area contributed by atoms with Crippen LogP contribution in [0.25, 0.3) is 0 Å². The smallest absolute Gasteiger partial charge is 0.178 e. The lowest BCUT2D eigenvalue weighted by molar-refractivity contribution is -0.000669. The Bertz CT molecular complexity index is 433. The lowest BCUT2D eigenvalue weighted by atomic mass is 10.1. The van der Waals surface area contributed by atoms with E-state index in [1.54, 1.807) is 0 Å². The number of hydrogen-bond donors (Lipinski definition) is 1. The van der Waals surface area contributed by atoms with Gasteiger partial charge < -0.3 is 9.72 Å². The average Bonchev–Trinajstić information content (AvgIpc) is 2.69. The van der Waals surface area contributed by atoms with Crippen LogP contribution in [0.5, 0.6) is 0 Å². The fourth-order valence-corrected chi connectivity index (χ4v) is 2.71. The molecule has 1 aromatic heterocycles. The van der Waals surface area contributed by atoms with Gasteiger partial charge in [0.2, 0.25) is 0 Å². The minimum absolute atomic E-state index is 0.181. The van der Waals surface area contributed by atoms with Gasteiger partial charge in [-0.1, -0.05) is 0 Å². The summed E-state index contributed by atoms with van der Waals surface area (Å²) in [5, 5.41) is 0. The van der Waals surface area contributed by atoms with Crippen molar-refractivity contribution in [1.29, 1.82) is 0 Å². The van der Waals surface area contributed by atoms with Crippen molar-refractivity contribution >= 4 is 5.78 Å². The summed E-state index contributed by atoms with van der Waals surface area (Å²) in [7, 11) is 1.99. The number of rotatable bonds is 5. The zero-order valence-corrected chi connectivity index (χ0v) is 12.2. The molecule has 0 spiro atoms. The quantitative estimate of drug-likeness (QED) is 0.830. The number of ketones is 1. The lowest BCUT2D eigenvalue weighted by Crippen LogP contribution is -2.36. The van der Waals surface area contributed by atoms with Gasteiger partial charge in [-0.25, -0.2) is 0 Å². The molecule has 0 aromatic carbocycles. The number of aryl methyl sites for hydroxylation is 2. The van der Waals surface area contributed by atoms with Crippen LogP contribution in [-0.4, -0.2) is 48.5 Å². The molecular formula is C15H24N2O2. The molecule has 2 heterocycles. The van der Waals surface area contributed by atoms with E-state index in [0.717, 1.165) is 36.5 Å². The standard InChI is InChI=1S/C15H24N2O2/c1-11-8-14(12(2)16-11)15(18)10-17(3)9-13-6-4-5-7-19-13/h8,13,16H,4-7,9-10H2,1-3H3. The van der Waals surface area contributed by atoms with Gasteiger partial charge in [0, 0.05) is 30.1 Å². The van der Waals surface area contributed by atoms with Crippen LogP contribution in [0.3, 0.4) is 0 Å². The Kier molecular flexibility index (Phi) is 4.77. The number of nitrogens with one attached hydrogen (secondary N) is 1. The second-order valence-corrected chi connectivity index (χ2v) is 5.60. The Hall–Kier alpha value is -1.13. The topological polar surface area (TPSA) is 45.3 Å². The summed E-state index contributed by atoms with van der Waals surface area (Å²) >= 11 is 0. The van der Waals surface area contributed by atoms with Gasteiger partial charge in [-0.05, 0) is 46.2 Å². The Morgan fingerprint density at radius 1 is 1.47 bits per heavy atom. The molecule has 1 aliphatic heterocycles. The first-order valence-corrected chi connectivity index (χ1v) is 7.06. The third-order valence-corrected chi connectivity index (χ3v) is 3.65. The van der Waals surface area contributed by atoms with Gasteiger partial charge in [0.15, 0.2) is 5.78 Å². The summed E-state index contributed by atoms with van der Waals surface area (Å²) in [6, 6.07) is 1.93. The number of aromatic nitrogens is 1. The first-order valence-electron chi connectivity index (χ1n) is 7.06. The van der Waals surface area contributed by atoms with Gasteiger partial charge in [-0.15, -0.1) is 0 Å². The SMILES string of the molecule is Cc1cc(C(=O)CN(C)CC2CCCCO2)c(C)[nH]1. The van der Waals surface area contributed by atoms with Gasteiger partial charge >= 0.3 is 0 Å². The van der Waals surface area contributed by atoms with E-state index < -0.39 is 0 Å². The lowest BCUT2D eigenvalue weighted by Gasteiger charge is -2.27. The monoisotopic (exact) mass is 264 g/mol. The zero-order valence-electron chi connectivity index (χ0n) is 12.2. The molecule has 0 aliphatic carbocycles. The minimum Gasteiger partial charge on any atom is -0.377 e. The summed E-state index contributed by atoms with van der Waals surface area (Å²) in [5.41, 5.74) is 2.82. The van der Waals surface area contributed by atoms with Crippen LogP contribution in [0.15, 0.2) is 6.07 Å². The molecule has 106 valence electrons. The number of H-pyrrole nitrogens is 1. The van der Waals surface area contributed by atoms with E-state index in [9.17, 15) is 4.79 Å². The summed E-state index contributed by atoms with van der Waals surface area (Å²) in [6.07, 6.45) is 3.81. The summed E-state index contributed by atoms with van der Waals surface area (Å²) in [4.78, 5) is 17.5. The molecule has 0 saturated carbocycles. The van der Waals surface area contributed by atoms with Crippen LogP contribution in [-0.2, 0) is 4.74 Å². The predicted molar refractivity (Wildman–Crippen MR) is 75.7 cm³/mol. The second-order valence-electron chi connectivity index (χ2n) is 5.60. The number of nitrogens with zero attached hydrogens (tertiary/aromatic N) is 1. The fraction of sp³-hybridized carbons (Fsp3) is 0.667. The number of likely N-dealkylation sites (N-methyl/N-ethyl adjacent to an activating group) is 1. The summed E-state index contributed by atoms with van der Waals surface area (Å²) < 4.78 is 5.70. The average molecular weight is 264 g/mol. The molecule has 0 radical (unpaired) electrons. The van der Waals surface area contributed by atoms with Crippen molar-refractivity contribution in [3.8, 4) is 0 Å². The third-order valence-electron chi connectivity index (χ3n) is 3.65. The third kappa shape index (κ3) is 3.91. The molecule has 2 rings (SSSR count). The predicted octanol–water partition coefficient (Wildman–Crippen LogP) is 2.32. The molecule has 1 aliphatic rings. The van der Waals surface area contributed by atoms with Gasteiger partial charge in [0.1, 0.15) is 0 Å². The normalized spacial score (nSPS) is 19.9. The van der Waals surface area contributed by atoms with Crippen LogP contribution >= 0.6 is 0 Å². The first-order chi connectivity index (χ1) is 9.06. The molecule has 4 heteroatoms. The molecule has 0 bridgehead atoms. The number of carbonyl (C=O) groups is 1. The number of carbonyl (C=O) groups excluding carboxylic acids is 1. The van der Waals surface area contributed by atoms with Crippen molar-refractivity contribution < 1.29 is 9.53 Å². The Morgan fingerprint density at radius 2 is 2.26 bits per heavy atom.